The molecule has 8 heteroatoms. The number of aliphatic hydroxyl groups is 1. The fraction of sp³-hybridized carbons (Fsp3) is 0.500. The molecule has 5 nitrogen and oxygen atoms in total. The number of hydrogen-bond acceptors (Lipinski definition) is 4. The molecule has 1 amide bonds. The Hall–Kier alpha value is -1.86. The van der Waals surface area contributed by atoms with Crippen LogP contribution < -0.4 is 15.0 Å². The first-order chi connectivity index (χ1) is 12.1. The minimum absolute atomic E-state index is 0.0163. The lowest BCUT2D eigenvalue weighted by atomic mass is 9.84. The number of carbonyl (C=O) groups excluding carboxylic acids is 1. The molecule has 0 unspecified atom stereocenters. The number of anilines is 1. The Morgan fingerprint density at radius 2 is 2.12 bits per heavy atom. The number of alkyl halides is 2. The monoisotopic (exact) mass is 386 g/mol. The molecule has 1 aliphatic carbocycles. The summed E-state index contributed by atoms with van der Waals surface area (Å²) in [5, 5.41) is 12.7. The molecule has 0 atom stereocenters. The predicted molar refractivity (Wildman–Crippen MR) is 95.7 cm³/mol. The Bertz CT molecular complexity index is 728. The highest BCUT2D eigenvalue weighted by atomic mass is 35.5. The van der Waals surface area contributed by atoms with Crippen molar-refractivity contribution < 1.29 is 23.4 Å². The molecule has 1 fully saturated rings. The molecule has 0 saturated heterocycles. The Morgan fingerprint density at radius 1 is 1.42 bits per heavy atom. The van der Waals surface area contributed by atoms with E-state index in [1.165, 1.54) is 19.9 Å². The van der Waals surface area contributed by atoms with Crippen molar-refractivity contribution in [1.82, 2.24) is 5.32 Å². The smallest absolute Gasteiger partial charge is 0.387 e. The van der Waals surface area contributed by atoms with Gasteiger partial charge in [0.25, 0.3) is 5.91 Å². The molecule has 0 bridgehead atoms. The van der Waals surface area contributed by atoms with Gasteiger partial charge in [-0.2, -0.15) is 8.78 Å². The van der Waals surface area contributed by atoms with E-state index in [0.717, 1.165) is 11.3 Å². The first-order valence-electron chi connectivity index (χ1n) is 8.40. The molecule has 2 N–H and O–H groups in total. The van der Waals surface area contributed by atoms with Crippen molar-refractivity contribution in [2.45, 2.75) is 51.0 Å². The predicted octanol–water partition coefficient (Wildman–Crippen LogP) is 3.19. The zero-order valence-electron chi connectivity index (χ0n) is 14.5. The molecule has 1 aliphatic heterocycles. The van der Waals surface area contributed by atoms with Crippen LogP contribution in [0.4, 0.5) is 14.5 Å². The molecule has 1 heterocycles. The highest BCUT2D eigenvalue weighted by molar-refractivity contribution is 6.32. The van der Waals surface area contributed by atoms with Crippen LogP contribution in [0.3, 0.4) is 0 Å². The quantitative estimate of drug-likeness (QED) is 0.815. The highest BCUT2D eigenvalue weighted by Crippen LogP contribution is 2.40. The molecular weight excluding hydrogens is 366 g/mol. The van der Waals surface area contributed by atoms with Crippen LogP contribution in [0.5, 0.6) is 5.75 Å². The largest absolute Gasteiger partial charge is 0.433 e. The van der Waals surface area contributed by atoms with E-state index in [4.69, 9.17) is 11.6 Å². The van der Waals surface area contributed by atoms with Gasteiger partial charge in [0.15, 0.2) is 0 Å². The maximum atomic E-state index is 12.6. The van der Waals surface area contributed by atoms with E-state index in [-0.39, 0.29) is 22.9 Å². The standard InChI is InChI=1S/C18H21ClF2N2O3/c1-18(2,25)16(24)22-11-7-12(8-11)23-5-3-4-10-6-13(19)15(9-14(10)23)26-17(20)21/h3-4,6,9,11-12,17,25H,5,7-8H2,1-2H3,(H,22,24). The second-order valence-electron chi connectivity index (χ2n) is 7.13. The highest BCUT2D eigenvalue weighted by Gasteiger charge is 2.38. The van der Waals surface area contributed by atoms with Crippen LogP contribution >= 0.6 is 11.6 Å². The van der Waals surface area contributed by atoms with Gasteiger partial charge in [-0.3, -0.25) is 4.79 Å². The summed E-state index contributed by atoms with van der Waals surface area (Å²) >= 11 is 6.02. The Kier molecular flexibility index (Phi) is 5.12. The lowest BCUT2D eigenvalue weighted by Gasteiger charge is -2.46. The van der Waals surface area contributed by atoms with Crippen molar-refractivity contribution in [2.75, 3.05) is 11.4 Å². The molecule has 1 saturated carbocycles. The van der Waals surface area contributed by atoms with Gasteiger partial charge in [0, 0.05) is 30.4 Å². The van der Waals surface area contributed by atoms with Gasteiger partial charge in [0.2, 0.25) is 0 Å². The molecule has 2 aliphatic rings. The van der Waals surface area contributed by atoms with Crippen molar-refractivity contribution in [1.29, 1.82) is 0 Å². The zero-order chi connectivity index (χ0) is 19.1. The SMILES string of the molecule is CC(C)(O)C(=O)NC1CC(N2CC=Cc3cc(Cl)c(OC(F)F)cc32)C1. The number of carbonyl (C=O) groups is 1. The second kappa shape index (κ2) is 7.04. The lowest BCUT2D eigenvalue weighted by Crippen LogP contribution is -2.57. The third kappa shape index (κ3) is 3.94. The maximum absolute atomic E-state index is 12.6. The molecule has 142 valence electrons. The maximum Gasteiger partial charge on any atom is 0.387 e. The first-order valence-corrected chi connectivity index (χ1v) is 8.78. The summed E-state index contributed by atoms with van der Waals surface area (Å²) in [4.78, 5) is 13.9. The van der Waals surface area contributed by atoms with Crippen molar-refractivity contribution in [2.24, 2.45) is 0 Å². The van der Waals surface area contributed by atoms with Crippen LogP contribution in [0.15, 0.2) is 18.2 Å². The van der Waals surface area contributed by atoms with E-state index in [1.54, 1.807) is 6.07 Å². The van der Waals surface area contributed by atoms with Gasteiger partial charge in [0.05, 0.1) is 5.02 Å². The van der Waals surface area contributed by atoms with E-state index in [0.29, 0.717) is 19.4 Å². The van der Waals surface area contributed by atoms with Crippen molar-refractivity contribution in [3.8, 4) is 5.75 Å². The van der Waals surface area contributed by atoms with E-state index >= 15 is 0 Å². The van der Waals surface area contributed by atoms with E-state index in [2.05, 4.69) is 15.0 Å². The topological polar surface area (TPSA) is 61.8 Å². The minimum atomic E-state index is -2.94. The molecule has 0 spiro atoms. The van der Waals surface area contributed by atoms with Crippen LogP contribution in [-0.4, -0.2) is 41.9 Å². The number of ether oxygens (including phenoxy) is 1. The summed E-state index contributed by atoms with van der Waals surface area (Å²) < 4.78 is 29.6. The van der Waals surface area contributed by atoms with Crippen molar-refractivity contribution >= 4 is 29.3 Å². The number of benzene rings is 1. The molecular formula is C18H21ClF2N2O3. The third-order valence-electron chi connectivity index (χ3n) is 4.65. The first kappa shape index (κ1) is 18.9. The number of nitrogens with one attached hydrogen (secondary N) is 1. The molecule has 26 heavy (non-hydrogen) atoms. The fourth-order valence-corrected chi connectivity index (χ4v) is 3.40. The molecule has 0 radical (unpaired) electrons. The van der Waals surface area contributed by atoms with Gasteiger partial charge in [-0.15, -0.1) is 0 Å². The Labute approximate surface area is 155 Å². The molecule has 0 aromatic heterocycles. The van der Waals surface area contributed by atoms with Crippen LogP contribution in [0, 0.1) is 0 Å². The van der Waals surface area contributed by atoms with Gasteiger partial charge in [0.1, 0.15) is 11.4 Å². The van der Waals surface area contributed by atoms with Crippen molar-refractivity contribution in [3.63, 3.8) is 0 Å². The van der Waals surface area contributed by atoms with Gasteiger partial charge >= 0.3 is 6.61 Å². The summed E-state index contributed by atoms with van der Waals surface area (Å²) in [5.74, 6) is -0.453. The zero-order valence-corrected chi connectivity index (χ0v) is 15.3. The van der Waals surface area contributed by atoms with E-state index in [1.807, 2.05) is 12.2 Å². The lowest BCUT2D eigenvalue weighted by molar-refractivity contribution is -0.137. The van der Waals surface area contributed by atoms with Crippen LogP contribution in [-0.2, 0) is 4.79 Å². The fourth-order valence-electron chi connectivity index (χ4n) is 3.19. The van der Waals surface area contributed by atoms with Crippen LogP contribution in [0.1, 0.15) is 32.3 Å². The normalized spacial score (nSPS) is 22.0. The Balaban J connectivity index is 1.71. The number of amides is 1. The number of rotatable bonds is 5. The summed E-state index contributed by atoms with van der Waals surface area (Å²) in [6.07, 6.45) is 5.30. The number of nitrogens with zero attached hydrogens (tertiary/aromatic N) is 1. The van der Waals surface area contributed by atoms with E-state index < -0.39 is 18.1 Å². The number of fused-ring (bicyclic) bond motifs is 1. The van der Waals surface area contributed by atoms with Gasteiger partial charge in [-0.05, 0) is 38.3 Å². The van der Waals surface area contributed by atoms with Gasteiger partial charge in [-0.25, -0.2) is 0 Å². The van der Waals surface area contributed by atoms with Crippen LogP contribution in [0.2, 0.25) is 5.02 Å². The van der Waals surface area contributed by atoms with Crippen LogP contribution in [0.25, 0.3) is 6.08 Å². The van der Waals surface area contributed by atoms with Gasteiger partial charge in [-0.1, -0.05) is 23.8 Å². The average Bonchev–Trinajstić information content (AvgIpc) is 2.49. The summed E-state index contributed by atoms with van der Waals surface area (Å²) in [5.41, 5.74) is 0.209. The van der Waals surface area contributed by atoms with Gasteiger partial charge < -0.3 is 20.1 Å². The Morgan fingerprint density at radius 3 is 2.73 bits per heavy atom. The summed E-state index contributed by atoms with van der Waals surface area (Å²) in [7, 11) is 0. The molecule has 3 rings (SSSR count). The number of hydrogen-bond donors (Lipinski definition) is 2. The summed E-state index contributed by atoms with van der Waals surface area (Å²) in [6.45, 7) is 0.583. The average molecular weight is 387 g/mol. The summed E-state index contributed by atoms with van der Waals surface area (Å²) in [6, 6.07) is 3.29. The van der Waals surface area contributed by atoms with Crippen molar-refractivity contribution in [3.05, 3.63) is 28.8 Å². The van der Waals surface area contributed by atoms with E-state index in [9.17, 15) is 18.7 Å². The molecule has 1 aromatic rings. The molecule has 1 aromatic carbocycles. The number of halogens is 3. The third-order valence-corrected chi connectivity index (χ3v) is 4.95. The second-order valence-corrected chi connectivity index (χ2v) is 7.54. The minimum Gasteiger partial charge on any atom is -0.433 e.